The molecule has 54 heavy (non-hydrogen) atoms. The summed E-state index contributed by atoms with van der Waals surface area (Å²) in [5.41, 5.74) is -3.69. The highest BCUT2D eigenvalue weighted by atomic mass is 16.8. The molecule has 5 saturated heterocycles. The quantitative estimate of drug-likeness (QED) is 0.297. The van der Waals surface area contributed by atoms with Crippen molar-refractivity contribution in [2.24, 2.45) is 29.6 Å². The van der Waals surface area contributed by atoms with Gasteiger partial charge in [0.25, 0.3) is 0 Å². The Morgan fingerprint density at radius 2 is 1.52 bits per heavy atom. The van der Waals surface area contributed by atoms with E-state index in [9.17, 15) is 24.3 Å². The topological polar surface area (TPSA) is 175 Å². The molecule has 5 fully saturated rings. The minimum atomic E-state index is -1.45. The number of rotatable bonds is 6. The molecule has 1 amide bonds. The second-order valence-electron chi connectivity index (χ2n) is 17.1. The third-order valence-corrected chi connectivity index (χ3v) is 13.4. The molecule has 1 N–H and O–H groups in total. The summed E-state index contributed by atoms with van der Waals surface area (Å²) in [6, 6.07) is -0.303. The fourth-order valence-electron chi connectivity index (χ4n) is 10.1. The summed E-state index contributed by atoms with van der Waals surface area (Å²) in [5.74, 6) is -4.36. The van der Waals surface area contributed by atoms with Crippen LogP contribution in [0.1, 0.15) is 94.9 Å². The van der Waals surface area contributed by atoms with E-state index in [1.165, 1.54) is 7.11 Å². The summed E-state index contributed by atoms with van der Waals surface area (Å²) in [6.45, 7) is 18.0. The number of amides is 1. The number of carbonyl (C=O) groups excluding carboxylic acids is 4. The highest BCUT2D eigenvalue weighted by Gasteiger charge is 2.60. The molecular formula is C39H63NO14. The number of aliphatic hydroxyl groups is 1. The average Bonchev–Trinajstić information content (AvgIpc) is 3.59. The molecule has 15 heteroatoms. The molecule has 0 aliphatic carbocycles. The van der Waals surface area contributed by atoms with E-state index >= 15 is 0 Å². The van der Waals surface area contributed by atoms with E-state index < -0.39 is 114 Å². The van der Waals surface area contributed by atoms with Crippen molar-refractivity contribution in [1.82, 2.24) is 4.90 Å². The smallest absolute Gasteiger partial charge is 0.458 e. The van der Waals surface area contributed by atoms with Crippen molar-refractivity contribution in [3.63, 3.8) is 0 Å². The number of Topliss-reactive ketones (excluding diaryl/α,β-unsaturated/α-hetero) is 1. The van der Waals surface area contributed by atoms with Crippen molar-refractivity contribution in [3.8, 4) is 0 Å². The van der Waals surface area contributed by atoms with Crippen molar-refractivity contribution in [3.05, 3.63) is 0 Å². The van der Waals surface area contributed by atoms with Crippen LogP contribution in [0.15, 0.2) is 0 Å². The van der Waals surface area contributed by atoms with Gasteiger partial charge in [-0.15, -0.1) is 0 Å². The van der Waals surface area contributed by atoms with Gasteiger partial charge in [0, 0.05) is 39.5 Å². The van der Waals surface area contributed by atoms with Crippen molar-refractivity contribution < 1.29 is 66.9 Å². The van der Waals surface area contributed by atoms with Crippen LogP contribution >= 0.6 is 0 Å². The fourth-order valence-corrected chi connectivity index (χ4v) is 10.1. The normalized spacial score (nSPS) is 49.2. The number of ether oxygens (including phenoxy) is 9. The molecule has 5 heterocycles. The lowest BCUT2D eigenvalue weighted by Crippen LogP contribution is -2.62. The van der Waals surface area contributed by atoms with E-state index in [2.05, 4.69) is 0 Å². The fraction of sp³-hybridized carbons (Fsp3) is 0.897. The minimum absolute atomic E-state index is 0.162. The van der Waals surface area contributed by atoms with Crippen LogP contribution in [0.4, 0.5) is 9.59 Å². The van der Waals surface area contributed by atoms with Gasteiger partial charge in [0.2, 0.25) is 0 Å². The molecule has 5 rings (SSSR count). The second kappa shape index (κ2) is 15.8. The SMILES string of the molecule is CC[C@H]1OC(=O)[C@H](C)[C@@H](C2C[C@@](C)(OC)[C@@H](O)[C@H](C)O2)[C@H](C)[C@@H](O[C@@H]2O[C@H](C)C[C@H]3[C@H]2OC(=O)N3C)[C@](C)(OC)C[C@@H](C)C(=O)[C@H](C)[C@H]2OC(=O)O[C@@]21C. The van der Waals surface area contributed by atoms with Gasteiger partial charge in [0.05, 0.1) is 53.5 Å². The minimum Gasteiger partial charge on any atom is -0.458 e. The zero-order valence-corrected chi connectivity index (χ0v) is 34.2. The molecule has 18 atom stereocenters. The molecule has 0 aromatic heterocycles. The molecule has 0 aromatic rings. The summed E-state index contributed by atoms with van der Waals surface area (Å²) in [4.78, 5) is 56.0. The van der Waals surface area contributed by atoms with Crippen molar-refractivity contribution in [2.75, 3.05) is 21.3 Å². The van der Waals surface area contributed by atoms with E-state index in [0.29, 0.717) is 6.42 Å². The first-order chi connectivity index (χ1) is 25.2. The number of aliphatic hydroxyl groups excluding tert-OH is 1. The van der Waals surface area contributed by atoms with Crippen LogP contribution in [0.5, 0.6) is 0 Å². The Morgan fingerprint density at radius 3 is 2.13 bits per heavy atom. The largest absolute Gasteiger partial charge is 0.509 e. The number of cyclic esters (lactones) is 1. The average molecular weight is 770 g/mol. The zero-order chi connectivity index (χ0) is 40.2. The number of fused-ring (bicyclic) bond motifs is 2. The molecule has 0 saturated carbocycles. The van der Waals surface area contributed by atoms with Gasteiger partial charge in [-0.2, -0.15) is 0 Å². The summed E-state index contributed by atoms with van der Waals surface area (Å²) in [6.07, 6.45) is -7.47. The predicted molar refractivity (Wildman–Crippen MR) is 191 cm³/mol. The Hall–Kier alpha value is -2.56. The lowest BCUT2D eigenvalue weighted by Gasteiger charge is -2.52. The Bertz CT molecular complexity index is 1410. The molecule has 5 aliphatic heterocycles. The lowest BCUT2D eigenvalue weighted by molar-refractivity contribution is -0.295. The summed E-state index contributed by atoms with van der Waals surface area (Å²) < 4.78 is 55.8. The Kier molecular flexibility index (Phi) is 12.4. The monoisotopic (exact) mass is 769 g/mol. The van der Waals surface area contributed by atoms with Crippen LogP contribution < -0.4 is 0 Å². The first-order valence-corrected chi connectivity index (χ1v) is 19.5. The number of hydrogen-bond acceptors (Lipinski definition) is 14. The number of hydrogen-bond donors (Lipinski definition) is 1. The number of nitrogens with zero attached hydrogens (tertiary/aromatic N) is 1. The molecule has 0 radical (unpaired) electrons. The molecule has 0 aromatic carbocycles. The number of methoxy groups -OCH3 is 2. The van der Waals surface area contributed by atoms with Gasteiger partial charge in [-0.05, 0) is 59.8 Å². The third kappa shape index (κ3) is 7.49. The Morgan fingerprint density at radius 1 is 0.870 bits per heavy atom. The van der Waals surface area contributed by atoms with E-state index in [0.717, 1.165) is 0 Å². The van der Waals surface area contributed by atoms with Gasteiger partial charge in [-0.1, -0.05) is 34.6 Å². The second-order valence-corrected chi connectivity index (χ2v) is 17.1. The number of esters is 1. The van der Waals surface area contributed by atoms with Crippen molar-refractivity contribution in [1.29, 1.82) is 0 Å². The maximum Gasteiger partial charge on any atom is 0.509 e. The maximum atomic E-state index is 14.6. The first-order valence-electron chi connectivity index (χ1n) is 19.5. The number of ketones is 1. The van der Waals surface area contributed by atoms with E-state index in [-0.39, 0.29) is 37.2 Å². The summed E-state index contributed by atoms with van der Waals surface area (Å²) in [5, 5.41) is 11.2. The van der Waals surface area contributed by atoms with Crippen LogP contribution in [0.3, 0.4) is 0 Å². The van der Waals surface area contributed by atoms with Gasteiger partial charge >= 0.3 is 18.2 Å². The third-order valence-electron chi connectivity index (χ3n) is 13.4. The number of carbonyl (C=O) groups is 4. The van der Waals surface area contributed by atoms with Gasteiger partial charge in [0.15, 0.2) is 24.1 Å². The van der Waals surface area contributed by atoms with E-state index in [1.54, 1.807) is 53.7 Å². The van der Waals surface area contributed by atoms with Gasteiger partial charge in [-0.3, -0.25) is 9.59 Å². The molecule has 0 bridgehead atoms. The number of likely N-dealkylation sites (N-methyl/N-ethyl adjacent to an activating group) is 1. The van der Waals surface area contributed by atoms with Crippen LogP contribution in [0.25, 0.3) is 0 Å². The van der Waals surface area contributed by atoms with Crippen LogP contribution in [-0.4, -0.2) is 133 Å². The molecule has 0 spiro atoms. The Labute approximate surface area is 319 Å². The zero-order valence-electron chi connectivity index (χ0n) is 34.2. The molecular weight excluding hydrogens is 706 g/mol. The maximum absolute atomic E-state index is 14.6. The predicted octanol–water partition coefficient (Wildman–Crippen LogP) is 4.42. The highest BCUT2D eigenvalue weighted by Crippen LogP contribution is 2.47. The highest BCUT2D eigenvalue weighted by molar-refractivity contribution is 5.84. The molecule has 1 unspecified atom stereocenters. The van der Waals surface area contributed by atoms with Gasteiger partial charge in [-0.25, -0.2) is 9.59 Å². The van der Waals surface area contributed by atoms with Gasteiger partial charge < -0.3 is 52.6 Å². The van der Waals surface area contributed by atoms with Crippen molar-refractivity contribution in [2.45, 2.75) is 173 Å². The first kappa shape index (κ1) is 42.6. The molecule has 15 nitrogen and oxygen atoms in total. The van der Waals surface area contributed by atoms with Gasteiger partial charge in [0.1, 0.15) is 18.0 Å². The summed E-state index contributed by atoms with van der Waals surface area (Å²) in [7, 11) is 4.77. The van der Waals surface area contributed by atoms with Crippen molar-refractivity contribution >= 4 is 24.0 Å². The lowest BCUT2D eigenvalue weighted by atomic mass is 9.67. The van der Waals surface area contributed by atoms with Crippen LogP contribution in [-0.2, 0) is 52.2 Å². The summed E-state index contributed by atoms with van der Waals surface area (Å²) >= 11 is 0. The van der Waals surface area contributed by atoms with Crippen LogP contribution in [0.2, 0.25) is 0 Å². The van der Waals surface area contributed by atoms with E-state index in [1.807, 2.05) is 34.6 Å². The molecule has 5 aliphatic rings. The standard InChI is InChI=1S/C39H63NO14/c1-14-26-39(10)32(53-36(45)54-39)22(6)28(41)18(2)16-38(9,47-13)31(52-34-29-24(15-19(3)48-34)40(11)35(44)51-29)20(4)27(21(5)33(43)50-26)25-17-37(8,46-12)30(42)23(7)49-25/h18-27,29-32,34,42H,14-17H2,1-13H3/t18-,19-,20+,21-,22+,23+,24+,25?,26-,27+,29-,30+,31-,32-,34+,37-,38-,39-/m1/s1. The van der Waals surface area contributed by atoms with E-state index in [4.69, 9.17) is 42.6 Å². The Balaban J connectivity index is 1.66. The molecule has 308 valence electrons. The van der Waals surface area contributed by atoms with Crippen LogP contribution in [0, 0.1) is 29.6 Å².